The molecule has 0 bridgehead atoms. The van der Waals surface area contributed by atoms with E-state index in [-0.39, 0.29) is 11.5 Å². The third kappa shape index (κ3) is 2.31. The molecule has 21 heavy (non-hydrogen) atoms. The third-order valence-electron chi connectivity index (χ3n) is 3.13. The van der Waals surface area contributed by atoms with Crippen LogP contribution < -0.4 is 10.2 Å². The third-order valence-corrected chi connectivity index (χ3v) is 3.13. The summed E-state index contributed by atoms with van der Waals surface area (Å²) >= 11 is 0. The number of aryl methyl sites for hydroxylation is 1. The van der Waals surface area contributed by atoms with Crippen LogP contribution in [0.2, 0.25) is 0 Å². The Morgan fingerprint density at radius 1 is 1.33 bits per heavy atom. The first kappa shape index (κ1) is 13.1. The Kier molecular flexibility index (Phi) is 3.06. The summed E-state index contributed by atoms with van der Waals surface area (Å²) in [6, 6.07) is 8.20. The van der Waals surface area contributed by atoms with Gasteiger partial charge in [-0.25, -0.2) is 9.78 Å². The Bertz CT molecular complexity index is 868. The molecule has 0 aromatic heterocycles. The smallest absolute Gasteiger partial charge is 0.449 e. The van der Waals surface area contributed by atoms with E-state index < -0.39 is 11.6 Å². The van der Waals surface area contributed by atoms with Gasteiger partial charge >= 0.3 is 6.16 Å². The SMILES string of the molecule is CCc1ccc2oc3c(OC(=O)O)c(=O)ccc-3nc2c1. The highest BCUT2D eigenvalue weighted by Gasteiger charge is 2.20. The quantitative estimate of drug-likeness (QED) is 0.442. The first-order valence-electron chi connectivity index (χ1n) is 6.35. The van der Waals surface area contributed by atoms with Crippen molar-refractivity contribution in [3.63, 3.8) is 0 Å². The standard InChI is InChI=1S/C15H11NO5/c1-2-8-3-6-12-10(7-8)16-9-4-5-11(17)14(13(9)20-12)21-15(18)19/h3-7H,2H2,1H3,(H,18,19). The van der Waals surface area contributed by atoms with E-state index in [0.29, 0.717) is 16.8 Å². The number of hydrogen-bond acceptors (Lipinski definition) is 5. The second kappa shape index (κ2) is 4.90. The molecule has 2 aliphatic rings. The second-order valence-corrected chi connectivity index (χ2v) is 4.48. The summed E-state index contributed by atoms with van der Waals surface area (Å²) in [6.07, 6.45) is -0.709. The first-order chi connectivity index (χ1) is 10.1. The molecule has 0 fully saturated rings. The predicted molar refractivity (Wildman–Crippen MR) is 74.9 cm³/mol. The van der Waals surface area contributed by atoms with E-state index in [9.17, 15) is 9.59 Å². The summed E-state index contributed by atoms with van der Waals surface area (Å²) in [4.78, 5) is 26.8. The van der Waals surface area contributed by atoms with Gasteiger partial charge in [0.1, 0.15) is 11.2 Å². The Morgan fingerprint density at radius 2 is 2.14 bits per heavy atom. The molecule has 1 N–H and O–H groups in total. The Balaban J connectivity index is 2.31. The fourth-order valence-electron chi connectivity index (χ4n) is 2.10. The predicted octanol–water partition coefficient (Wildman–Crippen LogP) is 2.91. The van der Waals surface area contributed by atoms with Crippen LogP contribution in [0.1, 0.15) is 12.5 Å². The van der Waals surface area contributed by atoms with E-state index in [4.69, 9.17) is 9.52 Å². The van der Waals surface area contributed by atoms with Gasteiger partial charge in [0.05, 0.1) is 0 Å². The zero-order valence-corrected chi connectivity index (χ0v) is 11.1. The van der Waals surface area contributed by atoms with Gasteiger partial charge in [-0.1, -0.05) is 13.0 Å². The van der Waals surface area contributed by atoms with Crippen LogP contribution in [0.4, 0.5) is 4.79 Å². The van der Waals surface area contributed by atoms with Crippen molar-refractivity contribution in [3.8, 4) is 17.2 Å². The van der Waals surface area contributed by atoms with Gasteiger partial charge in [-0.3, -0.25) is 4.79 Å². The first-order valence-corrected chi connectivity index (χ1v) is 6.35. The van der Waals surface area contributed by atoms with E-state index in [0.717, 1.165) is 12.0 Å². The van der Waals surface area contributed by atoms with Crippen molar-refractivity contribution in [2.75, 3.05) is 0 Å². The van der Waals surface area contributed by atoms with Gasteiger partial charge in [-0.05, 0) is 36.2 Å². The molecule has 0 radical (unpaired) electrons. The molecule has 0 saturated heterocycles. The fourth-order valence-corrected chi connectivity index (χ4v) is 2.10. The number of ether oxygens (including phenoxy) is 1. The van der Waals surface area contributed by atoms with Crippen LogP contribution in [0.3, 0.4) is 0 Å². The maximum Gasteiger partial charge on any atom is 0.511 e. The van der Waals surface area contributed by atoms with Gasteiger partial charge in [-0.15, -0.1) is 0 Å². The van der Waals surface area contributed by atoms with Crippen molar-refractivity contribution in [1.82, 2.24) is 4.98 Å². The van der Waals surface area contributed by atoms with Crippen molar-refractivity contribution in [2.24, 2.45) is 0 Å². The molecule has 1 aromatic rings. The molecular weight excluding hydrogens is 274 g/mol. The van der Waals surface area contributed by atoms with Crippen molar-refractivity contribution in [2.45, 2.75) is 13.3 Å². The van der Waals surface area contributed by atoms with Crippen LogP contribution in [0.15, 0.2) is 39.5 Å². The number of rotatable bonds is 2. The average Bonchev–Trinajstić information content (AvgIpc) is 2.47. The highest BCUT2D eigenvalue weighted by Crippen LogP contribution is 2.31. The number of carbonyl (C=O) groups is 1. The van der Waals surface area contributed by atoms with Crippen LogP contribution in [-0.4, -0.2) is 16.2 Å². The van der Waals surface area contributed by atoms with Gasteiger partial charge < -0.3 is 14.3 Å². The van der Waals surface area contributed by atoms with Gasteiger partial charge in [0, 0.05) is 0 Å². The summed E-state index contributed by atoms with van der Waals surface area (Å²) in [5.41, 5.74) is 2.00. The van der Waals surface area contributed by atoms with Crippen molar-refractivity contribution >= 4 is 17.3 Å². The van der Waals surface area contributed by atoms with Gasteiger partial charge in [0.25, 0.3) is 0 Å². The maximum atomic E-state index is 11.7. The van der Waals surface area contributed by atoms with Crippen LogP contribution >= 0.6 is 0 Å². The lowest BCUT2D eigenvalue weighted by atomic mass is 10.1. The van der Waals surface area contributed by atoms with Crippen molar-refractivity contribution in [3.05, 3.63) is 46.1 Å². The summed E-state index contributed by atoms with van der Waals surface area (Å²) in [5.74, 6) is -0.337. The maximum absolute atomic E-state index is 11.7. The van der Waals surface area contributed by atoms with Crippen molar-refractivity contribution in [1.29, 1.82) is 0 Å². The molecule has 0 unspecified atom stereocenters. The number of carboxylic acid groups (broad SMARTS) is 1. The molecule has 6 nitrogen and oxygen atoms in total. The normalized spacial score (nSPS) is 10.9. The van der Waals surface area contributed by atoms with Crippen LogP contribution in [0, 0.1) is 0 Å². The molecule has 1 heterocycles. The molecule has 6 heteroatoms. The molecule has 1 aliphatic carbocycles. The topological polar surface area (TPSA) is 89.6 Å². The summed E-state index contributed by atoms with van der Waals surface area (Å²) in [6.45, 7) is 2.03. The van der Waals surface area contributed by atoms with Gasteiger partial charge in [0.2, 0.25) is 11.2 Å². The molecule has 1 aliphatic heterocycles. The molecule has 106 valence electrons. The minimum atomic E-state index is -1.57. The number of benzene rings is 2. The molecule has 1 aromatic carbocycles. The Labute approximate surface area is 118 Å². The fraction of sp³-hybridized carbons (Fsp3) is 0.133. The molecule has 0 saturated carbocycles. The monoisotopic (exact) mass is 285 g/mol. The number of nitrogens with zero attached hydrogens (tertiary/aromatic N) is 1. The van der Waals surface area contributed by atoms with Crippen molar-refractivity contribution < 1.29 is 19.1 Å². The second-order valence-electron chi connectivity index (χ2n) is 4.48. The Morgan fingerprint density at radius 3 is 2.86 bits per heavy atom. The lowest BCUT2D eigenvalue weighted by molar-refractivity contribution is 0.143. The lowest BCUT2D eigenvalue weighted by Crippen LogP contribution is -2.13. The molecule has 3 rings (SSSR count). The summed E-state index contributed by atoms with van der Waals surface area (Å²) in [7, 11) is 0. The Hall–Kier alpha value is -2.89. The summed E-state index contributed by atoms with van der Waals surface area (Å²) in [5, 5.41) is 8.71. The van der Waals surface area contributed by atoms with Gasteiger partial charge in [0.15, 0.2) is 11.3 Å². The average molecular weight is 285 g/mol. The summed E-state index contributed by atoms with van der Waals surface area (Å²) < 4.78 is 10.1. The molecule has 0 amide bonds. The minimum Gasteiger partial charge on any atom is -0.449 e. The van der Waals surface area contributed by atoms with E-state index in [1.54, 1.807) is 6.07 Å². The van der Waals surface area contributed by atoms with Gasteiger partial charge in [-0.2, -0.15) is 0 Å². The lowest BCUT2D eigenvalue weighted by Gasteiger charge is -2.09. The zero-order valence-electron chi connectivity index (χ0n) is 11.1. The largest absolute Gasteiger partial charge is 0.511 e. The van der Waals surface area contributed by atoms with E-state index in [1.807, 2.05) is 19.1 Å². The van der Waals surface area contributed by atoms with Crippen LogP contribution in [0.25, 0.3) is 22.6 Å². The number of aromatic nitrogens is 1. The number of fused-ring (bicyclic) bond motifs is 2. The minimum absolute atomic E-state index is 0.0293. The van der Waals surface area contributed by atoms with Crippen LogP contribution in [0.5, 0.6) is 5.75 Å². The van der Waals surface area contributed by atoms with E-state index in [1.165, 1.54) is 12.1 Å². The highest BCUT2D eigenvalue weighted by atomic mass is 16.7. The number of hydrogen-bond donors (Lipinski definition) is 1. The highest BCUT2D eigenvalue weighted by molar-refractivity contribution is 5.79. The molecule has 0 spiro atoms. The van der Waals surface area contributed by atoms with Crippen LogP contribution in [-0.2, 0) is 6.42 Å². The van der Waals surface area contributed by atoms with E-state index in [2.05, 4.69) is 9.72 Å². The zero-order chi connectivity index (χ0) is 15.0. The molecular formula is C15H11NO5. The molecule has 0 atom stereocenters. The van der Waals surface area contributed by atoms with E-state index >= 15 is 0 Å².